The number of aromatic amines is 1. The summed E-state index contributed by atoms with van der Waals surface area (Å²) >= 11 is 0. The molecule has 0 unspecified atom stereocenters. The number of benzene rings is 2. The molecule has 1 amide bonds. The number of hydrogen-bond donors (Lipinski definition) is 5. The van der Waals surface area contributed by atoms with E-state index >= 15 is 0 Å². The Bertz CT molecular complexity index is 1540. The number of amides is 1. The summed E-state index contributed by atoms with van der Waals surface area (Å²) < 4.78 is 34.6. The highest BCUT2D eigenvalue weighted by atomic mass is 31.2. The maximum Gasteiger partial charge on any atom is 0.469 e. The van der Waals surface area contributed by atoms with Gasteiger partial charge in [0.25, 0.3) is 0 Å². The summed E-state index contributed by atoms with van der Waals surface area (Å²) in [6, 6.07) is 12.8. The van der Waals surface area contributed by atoms with E-state index in [9.17, 15) is 13.8 Å². The Labute approximate surface area is 236 Å². The van der Waals surface area contributed by atoms with Gasteiger partial charge < -0.3 is 25.2 Å². The number of rotatable bonds is 14. The number of hydrogen-bond acceptors (Lipinski definition) is 8. The van der Waals surface area contributed by atoms with Gasteiger partial charge in [-0.1, -0.05) is 19.9 Å². The van der Waals surface area contributed by atoms with E-state index in [-0.39, 0.29) is 24.3 Å². The maximum atomic E-state index is 13.3. The summed E-state index contributed by atoms with van der Waals surface area (Å²) in [5.74, 6) is 0.896. The molecule has 2 aromatic heterocycles. The standard InChI is InChI=1S/C27H32FN6O6P/c1-27(2,10-12-40-41(36,37)38)9-4-11-39-21-7-8-22-23(16-21)29-17-30-26(22)32-24-14-20(33-34-24)15-25(35)31-19-6-3-5-18(28)13-19/h3,5-8,13-14,16-17H,4,9-12,15H2,1-2H3,(H,31,35)(H2,36,37,38)(H2,29,30,32,33,34). The average Bonchev–Trinajstić information content (AvgIpc) is 3.32. The molecule has 0 atom stereocenters. The van der Waals surface area contributed by atoms with Gasteiger partial charge in [-0.05, 0) is 55.0 Å². The van der Waals surface area contributed by atoms with Crippen LogP contribution in [0, 0.1) is 11.2 Å². The number of fused-ring (bicyclic) bond motifs is 1. The fourth-order valence-electron chi connectivity index (χ4n) is 4.11. The predicted octanol–water partition coefficient (Wildman–Crippen LogP) is 5.10. The SMILES string of the molecule is CC(C)(CCCOc1ccc2c(Nc3cc(CC(=O)Nc4cccc(F)c4)[nH]n3)ncnc2c1)CCOP(=O)(O)O. The minimum absolute atomic E-state index is 0.00955. The van der Waals surface area contributed by atoms with Crippen LogP contribution < -0.4 is 15.4 Å². The molecule has 218 valence electrons. The molecular weight excluding hydrogens is 554 g/mol. The Morgan fingerprint density at radius 1 is 1.10 bits per heavy atom. The molecular formula is C27H32FN6O6P. The minimum atomic E-state index is -4.45. The van der Waals surface area contributed by atoms with E-state index in [1.165, 1.54) is 24.5 Å². The zero-order chi connectivity index (χ0) is 29.5. The number of nitrogens with zero attached hydrogens (tertiary/aromatic N) is 3. The van der Waals surface area contributed by atoms with E-state index in [4.69, 9.17) is 14.5 Å². The van der Waals surface area contributed by atoms with Gasteiger partial charge in [-0.25, -0.2) is 18.9 Å². The van der Waals surface area contributed by atoms with Gasteiger partial charge in [0.15, 0.2) is 5.82 Å². The van der Waals surface area contributed by atoms with E-state index < -0.39 is 13.6 Å². The summed E-state index contributed by atoms with van der Waals surface area (Å²) in [4.78, 5) is 38.6. The number of carbonyl (C=O) groups excluding carboxylic acids is 1. The molecule has 0 aliphatic carbocycles. The third kappa shape index (κ3) is 9.61. The van der Waals surface area contributed by atoms with Crippen LogP contribution in [0.5, 0.6) is 5.75 Å². The summed E-state index contributed by atoms with van der Waals surface area (Å²) in [6.07, 6.45) is 3.50. The lowest BCUT2D eigenvalue weighted by atomic mass is 9.85. The normalized spacial score (nSPS) is 11.9. The molecule has 2 heterocycles. The molecule has 0 fully saturated rings. The van der Waals surface area contributed by atoms with Crippen LogP contribution in [0.2, 0.25) is 0 Å². The molecule has 0 spiro atoms. The first-order valence-electron chi connectivity index (χ1n) is 12.9. The number of halogens is 1. The first kappa shape index (κ1) is 30.1. The van der Waals surface area contributed by atoms with Crippen LogP contribution in [0.15, 0.2) is 54.9 Å². The lowest BCUT2D eigenvalue weighted by Gasteiger charge is -2.24. The summed E-state index contributed by atoms with van der Waals surface area (Å²) in [5, 5.41) is 13.6. The summed E-state index contributed by atoms with van der Waals surface area (Å²) in [6.45, 7) is 4.49. The van der Waals surface area contributed by atoms with Crippen LogP contribution in [0.3, 0.4) is 0 Å². The molecule has 12 nitrogen and oxygen atoms in total. The number of H-pyrrole nitrogens is 1. The summed E-state index contributed by atoms with van der Waals surface area (Å²) in [7, 11) is -4.45. The van der Waals surface area contributed by atoms with Crippen molar-refractivity contribution in [2.75, 3.05) is 23.8 Å². The highest BCUT2D eigenvalue weighted by Crippen LogP contribution is 2.37. The molecule has 4 aromatic rings. The van der Waals surface area contributed by atoms with Crippen molar-refractivity contribution in [2.24, 2.45) is 5.41 Å². The van der Waals surface area contributed by atoms with Gasteiger partial charge in [0.2, 0.25) is 5.91 Å². The topological polar surface area (TPSA) is 172 Å². The molecule has 5 N–H and O–H groups in total. The third-order valence-corrected chi connectivity index (χ3v) is 6.77. The minimum Gasteiger partial charge on any atom is -0.494 e. The molecule has 0 radical (unpaired) electrons. The Balaban J connectivity index is 1.29. The van der Waals surface area contributed by atoms with Gasteiger partial charge in [-0.3, -0.25) is 14.4 Å². The first-order chi connectivity index (χ1) is 19.5. The van der Waals surface area contributed by atoms with Crippen molar-refractivity contribution >= 4 is 42.0 Å². The zero-order valence-corrected chi connectivity index (χ0v) is 23.5. The number of phosphoric ester groups is 1. The molecule has 0 saturated heterocycles. The molecule has 0 saturated carbocycles. The number of aromatic nitrogens is 4. The van der Waals surface area contributed by atoms with Crippen molar-refractivity contribution in [1.82, 2.24) is 20.2 Å². The first-order valence-corrected chi connectivity index (χ1v) is 14.4. The fraction of sp³-hybridized carbons (Fsp3) is 0.333. The molecule has 0 bridgehead atoms. The number of phosphoric acid groups is 1. The van der Waals surface area contributed by atoms with Crippen LogP contribution in [-0.2, 0) is 20.3 Å². The van der Waals surface area contributed by atoms with Crippen LogP contribution in [0.1, 0.15) is 38.8 Å². The van der Waals surface area contributed by atoms with E-state index in [1.54, 1.807) is 12.1 Å². The van der Waals surface area contributed by atoms with Gasteiger partial charge in [-0.2, -0.15) is 5.10 Å². The highest BCUT2D eigenvalue weighted by molar-refractivity contribution is 7.46. The highest BCUT2D eigenvalue weighted by Gasteiger charge is 2.21. The van der Waals surface area contributed by atoms with Gasteiger partial charge >= 0.3 is 7.82 Å². The second kappa shape index (κ2) is 13.2. The largest absolute Gasteiger partial charge is 0.494 e. The fourth-order valence-corrected chi connectivity index (χ4v) is 4.44. The van der Waals surface area contributed by atoms with Crippen molar-refractivity contribution in [3.05, 3.63) is 66.4 Å². The van der Waals surface area contributed by atoms with Gasteiger partial charge in [-0.15, -0.1) is 0 Å². The van der Waals surface area contributed by atoms with Crippen LogP contribution >= 0.6 is 7.82 Å². The molecule has 0 aliphatic rings. The van der Waals surface area contributed by atoms with E-state index in [0.29, 0.717) is 47.3 Å². The molecule has 41 heavy (non-hydrogen) atoms. The molecule has 4 rings (SSSR count). The smallest absolute Gasteiger partial charge is 0.469 e. The second-order valence-corrected chi connectivity index (χ2v) is 11.5. The van der Waals surface area contributed by atoms with Gasteiger partial charge in [0, 0.05) is 28.9 Å². The van der Waals surface area contributed by atoms with Crippen molar-refractivity contribution in [2.45, 2.75) is 39.5 Å². The predicted molar refractivity (Wildman–Crippen MR) is 151 cm³/mol. The Kier molecular flexibility index (Phi) is 9.66. The number of nitrogens with one attached hydrogen (secondary N) is 3. The molecule has 14 heteroatoms. The number of anilines is 3. The molecule has 0 aliphatic heterocycles. The Morgan fingerprint density at radius 3 is 2.71 bits per heavy atom. The monoisotopic (exact) mass is 586 g/mol. The van der Waals surface area contributed by atoms with Gasteiger partial charge in [0.1, 0.15) is 23.7 Å². The van der Waals surface area contributed by atoms with Crippen LogP contribution in [0.4, 0.5) is 21.7 Å². The second-order valence-electron chi connectivity index (χ2n) is 10.2. The quantitative estimate of drug-likeness (QED) is 0.0989. The number of carbonyl (C=O) groups is 1. The van der Waals surface area contributed by atoms with E-state index in [2.05, 4.69) is 35.3 Å². The maximum absolute atomic E-state index is 13.3. The van der Waals surface area contributed by atoms with E-state index in [0.717, 1.165) is 18.2 Å². The van der Waals surface area contributed by atoms with Crippen molar-refractivity contribution in [3.8, 4) is 5.75 Å². The third-order valence-electron chi connectivity index (χ3n) is 6.25. The lowest BCUT2D eigenvalue weighted by molar-refractivity contribution is -0.115. The number of ether oxygens (including phenoxy) is 1. The van der Waals surface area contributed by atoms with Crippen LogP contribution in [-0.4, -0.2) is 49.1 Å². The van der Waals surface area contributed by atoms with Crippen molar-refractivity contribution in [3.63, 3.8) is 0 Å². The lowest BCUT2D eigenvalue weighted by Crippen LogP contribution is -2.15. The Hall–Kier alpha value is -3.90. The average molecular weight is 587 g/mol. The Morgan fingerprint density at radius 2 is 1.93 bits per heavy atom. The van der Waals surface area contributed by atoms with Crippen LogP contribution in [0.25, 0.3) is 10.9 Å². The van der Waals surface area contributed by atoms with Gasteiger partial charge in [0.05, 0.1) is 25.2 Å². The van der Waals surface area contributed by atoms with E-state index in [1.807, 2.05) is 32.0 Å². The molecule has 2 aromatic carbocycles. The van der Waals surface area contributed by atoms with Crippen molar-refractivity contribution < 1.29 is 32.8 Å². The van der Waals surface area contributed by atoms with Crippen molar-refractivity contribution in [1.29, 1.82) is 0 Å². The zero-order valence-electron chi connectivity index (χ0n) is 22.6. The summed E-state index contributed by atoms with van der Waals surface area (Å²) in [5.41, 5.74) is 1.44.